The number of benzene rings is 2. The van der Waals surface area contributed by atoms with E-state index in [0.717, 1.165) is 5.56 Å². The molecule has 0 radical (unpaired) electrons. The lowest BCUT2D eigenvalue weighted by atomic mass is 10.1. The normalized spacial score (nSPS) is 10.1. The number of amides is 2. The van der Waals surface area contributed by atoms with Gasteiger partial charge in [0.05, 0.1) is 32.0 Å². The van der Waals surface area contributed by atoms with Gasteiger partial charge in [-0.2, -0.15) is 0 Å². The molecule has 0 spiro atoms. The Morgan fingerprint density at radius 2 is 1.72 bits per heavy atom. The van der Waals surface area contributed by atoms with Crippen molar-refractivity contribution < 1.29 is 19.1 Å². The van der Waals surface area contributed by atoms with Crippen molar-refractivity contribution in [2.45, 2.75) is 13.3 Å². The maximum absolute atomic E-state index is 12.4. The van der Waals surface area contributed by atoms with Gasteiger partial charge >= 0.3 is 0 Å². The van der Waals surface area contributed by atoms with Gasteiger partial charge in [0.1, 0.15) is 0 Å². The van der Waals surface area contributed by atoms with Crippen LogP contribution in [0.1, 0.15) is 12.5 Å². The number of methoxy groups -OCH3 is 2. The van der Waals surface area contributed by atoms with E-state index in [-0.39, 0.29) is 18.2 Å². The van der Waals surface area contributed by atoms with Crippen molar-refractivity contribution in [3.8, 4) is 11.5 Å². The Labute approximate surface area is 147 Å². The molecular formula is C19H22N2O4. The first-order valence-electron chi connectivity index (χ1n) is 7.80. The van der Waals surface area contributed by atoms with Crippen molar-refractivity contribution in [3.05, 3.63) is 48.0 Å². The number of hydrogen-bond donors (Lipinski definition) is 1. The molecule has 6 nitrogen and oxygen atoms in total. The zero-order chi connectivity index (χ0) is 18.4. The highest BCUT2D eigenvalue weighted by atomic mass is 16.5. The van der Waals surface area contributed by atoms with Gasteiger partial charge in [-0.05, 0) is 29.8 Å². The van der Waals surface area contributed by atoms with Gasteiger partial charge < -0.3 is 19.7 Å². The Morgan fingerprint density at radius 3 is 2.36 bits per heavy atom. The average Bonchev–Trinajstić information content (AvgIpc) is 2.61. The molecule has 0 aliphatic heterocycles. The van der Waals surface area contributed by atoms with E-state index in [1.165, 1.54) is 11.8 Å². The van der Waals surface area contributed by atoms with Crippen molar-refractivity contribution in [1.29, 1.82) is 0 Å². The van der Waals surface area contributed by atoms with Crippen LogP contribution in [0.25, 0.3) is 0 Å². The van der Waals surface area contributed by atoms with Gasteiger partial charge in [-0.15, -0.1) is 0 Å². The van der Waals surface area contributed by atoms with Crippen LogP contribution in [-0.4, -0.2) is 33.1 Å². The van der Waals surface area contributed by atoms with Crippen molar-refractivity contribution in [3.63, 3.8) is 0 Å². The number of nitrogens with zero attached hydrogens (tertiary/aromatic N) is 1. The molecule has 0 saturated heterocycles. The second-order valence-electron chi connectivity index (χ2n) is 5.51. The summed E-state index contributed by atoms with van der Waals surface area (Å²) in [4.78, 5) is 25.5. The molecule has 2 amide bonds. The lowest BCUT2D eigenvalue weighted by molar-refractivity contribution is -0.117. The zero-order valence-electron chi connectivity index (χ0n) is 14.8. The average molecular weight is 342 g/mol. The largest absolute Gasteiger partial charge is 0.493 e. The molecule has 1 N–H and O–H groups in total. The van der Waals surface area contributed by atoms with Crippen LogP contribution in [0.4, 0.5) is 11.4 Å². The van der Waals surface area contributed by atoms with Crippen LogP contribution in [0.2, 0.25) is 0 Å². The SMILES string of the molecule is COc1ccc(CC(=O)Nc2ccccc2N(C)C(C)=O)cc1OC. The molecular weight excluding hydrogens is 320 g/mol. The first-order chi connectivity index (χ1) is 12.0. The number of ether oxygens (including phenoxy) is 2. The van der Waals surface area contributed by atoms with E-state index in [2.05, 4.69) is 5.32 Å². The summed E-state index contributed by atoms with van der Waals surface area (Å²) in [5, 5.41) is 2.86. The number of para-hydroxylation sites is 2. The van der Waals surface area contributed by atoms with E-state index in [4.69, 9.17) is 9.47 Å². The van der Waals surface area contributed by atoms with Crippen LogP contribution in [0.3, 0.4) is 0 Å². The minimum absolute atomic E-state index is 0.110. The number of rotatable bonds is 6. The van der Waals surface area contributed by atoms with Gasteiger partial charge in [0.25, 0.3) is 0 Å². The first kappa shape index (κ1) is 18.3. The van der Waals surface area contributed by atoms with Gasteiger partial charge in [-0.25, -0.2) is 0 Å². The molecule has 0 aliphatic rings. The summed E-state index contributed by atoms with van der Waals surface area (Å²) < 4.78 is 10.4. The molecule has 0 aliphatic carbocycles. The summed E-state index contributed by atoms with van der Waals surface area (Å²) in [6.45, 7) is 1.47. The van der Waals surface area contributed by atoms with E-state index < -0.39 is 0 Å². The maximum Gasteiger partial charge on any atom is 0.228 e. The fourth-order valence-corrected chi connectivity index (χ4v) is 2.41. The second kappa shape index (κ2) is 8.19. The summed E-state index contributed by atoms with van der Waals surface area (Å²) in [7, 11) is 4.78. The first-order valence-corrected chi connectivity index (χ1v) is 7.80. The molecule has 6 heteroatoms. The van der Waals surface area contributed by atoms with Gasteiger partial charge in [0.15, 0.2) is 11.5 Å². The van der Waals surface area contributed by atoms with Crippen LogP contribution >= 0.6 is 0 Å². The molecule has 2 aromatic carbocycles. The number of carbonyl (C=O) groups excluding carboxylic acids is 2. The molecule has 2 rings (SSSR count). The van der Waals surface area contributed by atoms with E-state index >= 15 is 0 Å². The summed E-state index contributed by atoms with van der Waals surface area (Å²) in [6.07, 6.45) is 0.179. The number of hydrogen-bond acceptors (Lipinski definition) is 4. The molecule has 132 valence electrons. The highest BCUT2D eigenvalue weighted by molar-refractivity contribution is 6.00. The quantitative estimate of drug-likeness (QED) is 0.876. The van der Waals surface area contributed by atoms with Crippen molar-refractivity contribution in [2.24, 2.45) is 0 Å². The third kappa shape index (κ3) is 4.50. The Kier molecular flexibility index (Phi) is 6.00. The fraction of sp³-hybridized carbons (Fsp3) is 0.263. The highest BCUT2D eigenvalue weighted by Crippen LogP contribution is 2.28. The molecule has 0 aromatic heterocycles. The molecule has 0 atom stereocenters. The fourth-order valence-electron chi connectivity index (χ4n) is 2.41. The number of nitrogens with one attached hydrogen (secondary N) is 1. The Balaban J connectivity index is 2.15. The highest BCUT2D eigenvalue weighted by Gasteiger charge is 2.13. The summed E-state index contributed by atoms with van der Waals surface area (Å²) in [6, 6.07) is 12.5. The zero-order valence-corrected chi connectivity index (χ0v) is 14.8. The van der Waals surface area contributed by atoms with Crippen LogP contribution in [0.5, 0.6) is 11.5 Å². The van der Waals surface area contributed by atoms with Crippen LogP contribution in [0, 0.1) is 0 Å². The Morgan fingerprint density at radius 1 is 1.04 bits per heavy atom. The summed E-state index contributed by atoms with van der Waals surface area (Å²) >= 11 is 0. The van der Waals surface area contributed by atoms with E-state index in [0.29, 0.717) is 22.9 Å². The third-order valence-corrected chi connectivity index (χ3v) is 3.82. The van der Waals surface area contributed by atoms with Gasteiger partial charge in [-0.3, -0.25) is 9.59 Å². The van der Waals surface area contributed by atoms with Crippen molar-refractivity contribution in [2.75, 3.05) is 31.5 Å². The van der Waals surface area contributed by atoms with E-state index in [9.17, 15) is 9.59 Å². The second-order valence-corrected chi connectivity index (χ2v) is 5.51. The molecule has 0 fully saturated rings. The minimum Gasteiger partial charge on any atom is -0.493 e. The van der Waals surface area contributed by atoms with Crippen molar-refractivity contribution in [1.82, 2.24) is 0 Å². The Hall–Kier alpha value is -3.02. The monoisotopic (exact) mass is 342 g/mol. The van der Waals surface area contributed by atoms with E-state index in [1.54, 1.807) is 45.5 Å². The van der Waals surface area contributed by atoms with Crippen molar-refractivity contribution >= 4 is 23.2 Å². The lowest BCUT2D eigenvalue weighted by Gasteiger charge is -2.19. The van der Waals surface area contributed by atoms with Gasteiger partial charge in [0.2, 0.25) is 11.8 Å². The van der Waals surface area contributed by atoms with Crippen LogP contribution in [0.15, 0.2) is 42.5 Å². The van der Waals surface area contributed by atoms with Gasteiger partial charge in [0, 0.05) is 14.0 Å². The number of anilines is 2. The molecule has 0 bridgehead atoms. The third-order valence-electron chi connectivity index (χ3n) is 3.82. The summed E-state index contributed by atoms with van der Waals surface area (Å²) in [5.74, 6) is 0.891. The maximum atomic E-state index is 12.4. The van der Waals surface area contributed by atoms with Crippen LogP contribution in [-0.2, 0) is 16.0 Å². The molecule has 2 aromatic rings. The predicted octanol–water partition coefficient (Wildman–Crippen LogP) is 2.87. The standard InChI is InChI=1S/C19H22N2O4/c1-13(22)21(2)16-8-6-5-7-15(16)20-19(23)12-14-9-10-17(24-3)18(11-14)25-4/h5-11H,12H2,1-4H3,(H,20,23). The van der Waals surface area contributed by atoms with Crippen LogP contribution < -0.4 is 19.7 Å². The predicted molar refractivity (Wildman–Crippen MR) is 97.4 cm³/mol. The van der Waals surface area contributed by atoms with Gasteiger partial charge in [-0.1, -0.05) is 18.2 Å². The smallest absolute Gasteiger partial charge is 0.228 e. The minimum atomic E-state index is -0.184. The number of carbonyl (C=O) groups is 2. The summed E-state index contributed by atoms with van der Waals surface area (Å²) in [5.41, 5.74) is 2.04. The lowest BCUT2D eigenvalue weighted by Crippen LogP contribution is -2.25. The molecule has 0 heterocycles. The topological polar surface area (TPSA) is 67.9 Å². The molecule has 0 unspecified atom stereocenters. The molecule has 0 saturated carbocycles. The van der Waals surface area contributed by atoms with E-state index in [1.807, 2.05) is 18.2 Å². The molecule has 25 heavy (non-hydrogen) atoms. The Bertz CT molecular complexity index is 774.